The SMILES string of the molecule is CC(C)(C)OC(=O)N1CCC[C@H](Cc2nc(Cl)ncc2F)C1.CC(C)(C)OC(=O)N1CCC[C@H](N)C1.Fc1cnc(Cl)nc1Cl.S.S. The van der Waals surface area contributed by atoms with Crippen molar-refractivity contribution < 1.29 is 27.8 Å². The van der Waals surface area contributed by atoms with Gasteiger partial charge in [-0.15, -0.1) is 0 Å². The van der Waals surface area contributed by atoms with Gasteiger partial charge >= 0.3 is 12.2 Å². The number of nitrogens with two attached hydrogens (primary N) is 1. The van der Waals surface area contributed by atoms with Gasteiger partial charge in [-0.3, -0.25) is 0 Å². The van der Waals surface area contributed by atoms with Gasteiger partial charge < -0.3 is 25.0 Å². The largest absolute Gasteiger partial charge is 0.444 e. The number of piperidine rings is 2. The van der Waals surface area contributed by atoms with Crippen LogP contribution in [0.4, 0.5) is 18.4 Å². The molecule has 4 heterocycles. The molecule has 2 aromatic rings. The van der Waals surface area contributed by atoms with Crippen molar-refractivity contribution in [1.29, 1.82) is 0 Å². The number of carbonyl (C=O) groups excluding carboxylic acids is 2. The maximum atomic E-state index is 13.7. The number of rotatable bonds is 2. The van der Waals surface area contributed by atoms with Crippen molar-refractivity contribution in [3.8, 4) is 0 Å². The third-order valence-corrected chi connectivity index (χ3v) is 6.85. The molecule has 47 heavy (non-hydrogen) atoms. The zero-order valence-electron chi connectivity index (χ0n) is 27.5. The second-order valence-corrected chi connectivity index (χ2v) is 13.7. The van der Waals surface area contributed by atoms with E-state index in [1.807, 2.05) is 41.5 Å². The minimum Gasteiger partial charge on any atom is -0.444 e. The zero-order valence-corrected chi connectivity index (χ0v) is 31.7. The van der Waals surface area contributed by atoms with E-state index in [0.29, 0.717) is 31.7 Å². The molecular weight excluding hydrogens is 719 g/mol. The van der Waals surface area contributed by atoms with Crippen LogP contribution in [0.3, 0.4) is 0 Å². The first kappa shape index (κ1) is 45.1. The third-order valence-electron chi connectivity index (χ3n) is 6.22. The fraction of sp³-hybridized carbons (Fsp3) is 0.655. The van der Waals surface area contributed by atoms with Crippen LogP contribution in [0.25, 0.3) is 0 Å². The highest BCUT2D eigenvalue weighted by molar-refractivity contribution is 7.59. The molecule has 0 aliphatic carbocycles. The van der Waals surface area contributed by atoms with E-state index >= 15 is 0 Å². The molecule has 2 aromatic heterocycles. The monoisotopic (exact) mass is 763 g/mol. The first-order valence-electron chi connectivity index (χ1n) is 14.5. The lowest BCUT2D eigenvalue weighted by Crippen LogP contribution is -2.47. The number of hydrogen-bond acceptors (Lipinski definition) is 9. The van der Waals surface area contributed by atoms with Gasteiger partial charge in [0.15, 0.2) is 16.8 Å². The number of aromatic nitrogens is 4. The molecule has 0 saturated carbocycles. The lowest BCUT2D eigenvalue weighted by molar-refractivity contribution is 0.0163. The van der Waals surface area contributed by atoms with E-state index in [-0.39, 0.29) is 66.9 Å². The second-order valence-electron chi connectivity index (χ2n) is 12.7. The van der Waals surface area contributed by atoms with Crippen molar-refractivity contribution in [2.45, 2.75) is 90.9 Å². The highest BCUT2D eigenvalue weighted by atomic mass is 35.5. The molecule has 0 radical (unpaired) electrons. The number of halogens is 5. The molecule has 0 spiro atoms. The normalized spacial score (nSPS) is 17.8. The predicted octanol–water partition coefficient (Wildman–Crippen LogP) is 6.95. The molecule has 2 N–H and O–H groups in total. The summed E-state index contributed by atoms with van der Waals surface area (Å²) in [7, 11) is 0. The topological polar surface area (TPSA) is 137 Å². The Kier molecular flexibility index (Phi) is 19.7. The molecule has 2 amide bonds. The fourth-order valence-corrected chi connectivity index (χ4v) is 4.80. The van der Waals surface area contributed by atoms with Crippen LogP contribution in [-0.2, 0) is 15.9 Å². The molecule has 4 rings (SSSR count). The van der Waals surface area contributed by atoms with Crippen molar-refractivity contribution in [1.82, 2.24) is 29.7 Å². The number of likely N-dealkylation sites (tertiary alicyclic amines) is 2. The van der Waals surface area contributed by atoms with Crippen molar-refractivity contribution >= 4 is 74.0 Å². The van der Waals surface area contributed by atoms with Crippen molar-refractivity contribution in [2.24, 2.45) is 11.7 Å². The van der Waals surface area contributed by atoms with Gasteiger partial charge in [0, 0.05) is 32.2 Å². The fourth-order valence-electron chi connectivity index (χ4n) is 4.35. The summed E-state index contributed by atoms with van der Waals surface area (Å²) in [4.78, 5) is 41.3. The Balaban J connectivity index is 0.000000727. The smallest absolute Gasteiger partial charge is 0.410 e. The number of amides is 2. The highest BCUT2D eigenvalue weighted by Crippen LogP contribution is 2.23. The number of hydrogen-bond donors (Lipinski definition) is 1. The van der Waals surface area contributed by atoms with Gasteiger partial charge in [-0.2, -0.15) is 27.0 Å². The Morgan fingerprint density at radius 1 is 0.830 bits per heavy atom. The molecule has 2 aliphatic heterocycles. The summed E-state index contributed by atoms with van der Waals surface area (Å²) in [6.07, 6.45) is 5.63. The molecule has 11 nitrogen and oxygen atoms in total. The van der Waals surface area contributed by atoms with Crippen molar-refractivity contribution in [2.75, 3.05) is 26.2 Å². The quantitative estimate of drug-likeness (QED) is 0.255. The van der Waals surface area contributed by atoms with Crippen LogP contribution in [0, 0.1) is 17.6 Å². The zero-order chi connectivity index (χ0) is 33.9. The van der Waals surface area contributed by atoms with Crippen LogP contribution in [0.5, 0.6) is 0 Å². The summed E-state index contributed by atoms with van der Waals surface area (Å²) in [6, 6.07) is 0.108. The van der Waals surface area contributed by atoms with Crippen LogP contribution in [0.1, 0.15) is 72.9 Å². The highest BCUT2D eigenvalue weighted by Gasteiger charge is 2.29. The van der Waals surface area contributed by atoms with Gasteiger partial charge in [0.05, 0.1) is 18.1 Å². The molecule has 18 heteroatoms. The van der Waals surface area contributed by atoms with Crippen LogP contribution < -0.4 is 5.73 Å². The van der Waals surface area contributed by atoms with Crippen LogP contribution in [0.15, 0.2) is 12.4 Å². The molecule has 0 unspecified atom stereocenters. The van der Waals surface area contributed by atoms with E-state index in [1.54, 1.807) is 9.80 Å². The molecule has 0 aromatic carbocycles. The van der Waals surface area contributed by atoms with Crippen LogP contribution >= 0.6 is 61.8 Å². The maximum Gasteiger partial charge on any atom is 0.410 e. The average molecular weight is 765 g/mol. The first-order valence-corrected chi connectivity index (χ1v) is 15.7. The number of carbonyl (C=O) groups is 2. The summed E-state index contributed by atoms with van der Waals surface area (Å²) in [5.41, 5.74) is 5.14. The van der Waals surface area contributed by atoms with Gasteiger partial charge in [0.2, 0.25) is 10.6 Å². The Hall–Kier alpha value is -1.91. The van der Waals surface area contributed by atoms with Crippen molar-refractivity contribution in [3.63, 3.8) is 0 Å². The van der Waals surface area contributed by atoms with Gasteiger partial charge in [0.1, 0.15) is 11.2 Å². The summed E-state index contributed by atoms with van der Waals surface area (Å²) < 4.78 is 36.5. The van der Waals surface area contributed by atoms with E-state index in [1.165, 1.54) is 0 Å². The molecule has 268 valence electrons. The minimum atomic E-state index is -0.666. The number of nitrogens with zero attached hydrogens (tertiary/aromatic N) is 6. The Morgan fingerprint density at radius 2 is 1.30 bits per heavy atom. The van der Waals surface area contributed by atoms with Gasteiger partial charge in [-0.1, -0.05) is 11.6 Å². The maximum absolute atomic E-state index is 13.7. The van der Waals surface area contributed by atoms with Gasteiger partial charge in [-0.05, 0) is 103 Å². The first-order chi connectivity index (χ1) is 20.8. The second kappa shape index (κ2) is 20.6. The van der Waals surface area contributed by atoms with E-state index in [4.69, 9.17) is 50.0 Å². The predicted molar refractivity (Wildman–Crippen MR) is 189 cm³/mol. The lowest BCUT2D eigenvalue weighted by Gasteiger charge is -2.34. The molecule has 0 bridgehead atoms. The van der Waals surface area contributed by atoms with Gasteiger partial charge in [-0.25, -0.2) is 38.3 Å². The molecule has 2 fully saturated rings. The molecule has 2 saturated heterocycles. The van der Waals surface area contributed by atoms with Crippen LogP contribution in [-0.4, -0.2) is 85.3 Å². The summed E-state index contributed by atoms with van der Waals surface area (Å²) in [5, 5.41) is -0.271. The standard InChI is InChI=1S/C15H21ClFN3O2.C10H20N2O2.C4HCl2FN2.2H2S/c1-15(2,3)22-14(21)20-6-4-5-10(9-20)7-12-11(17)8-18-13(16)19-12;1-10(2,3)14-9(13)12-6-4-5-8(11)7-12;5-3-2(7)1-8-4(6)9-3;;/h8,10H,4-7,9H2,1-3H3;8H,4-7,11H2,1-3H3;1H;2*1H2/t10-;8-;;;/m10.../s1. The third kappa shape index (κ3) is 17.9. The van der Waals surface area contributed by atoms with E-state index in [2.05, 4.69) is 19.9 Å². The molecule has 2 atom stereocenters. The summed E-state index contributed by atoms with van der Waals surface area (Å²) in [5.74, 6) is -0.985. The summed E-state index contributed by atoms with van der Waals surface area (Å²) >= 11 is 16.2. The van der Waals surface area contributed by atoms with Gasteiger partial charge in [0.25, 0.3) is 0 Å². The van der Waals surface area contributed by atoms with Crippen LogP contribution in [0.2, 0.25) is 15.7 Å². The minimum absolute atomic E-state index is 0. The molecule has 2 aliphatic rings. The Labute approximate surface area is 304 Å². The summed E-state index contributed by atoms with van der Waals surface area (Å²) in [6.45, 7) is 13.7. The lowest BCUT2D eigenvalue weighted by atomic mass is 9.93. The van der Waals surface area contributed by atoms with E-state index < -0.39 is 22.8 Å². The average Bonchev–Trinajstić information content (AvgIpc) is 2.92. The van der Waals surface area contributed by atoms with E-state index in [0.717, 1.165) is 44.6 Å². The number of ether oxygens (including phenoxy) is 2. The van der Waals surface area contributed by atoms with Crippen molar-refractivity contribution in [3.05, 3.63) is 45.4 Å². The van der Waals surface area contributed by atoms with E-state index in [9.17, 15) is 18.4 Å². The Morgan fingerprint density at radius 3 is 1.77 bits per heavy atom. The Bertz CT molecular complexity index is 1290. The molecular formula is C29H46Cl3F2N7O4S2.